The molecule has 1 aromatic heterocycles. The molecule has 0 fully saturated rings. The summed E-state index contributed by atoms with van der Waals surface area (Å²) >= 11 is 0. The first-order valence-electron chi connectivity index (χ1n) is 7.36. The summed E-state index contributed by atoms with van der Waals surface area (Å²) in [5.41, 5.74) is 2.27. The van der Waals surface area contributed by atoms with Crippen molar-refractivity contribution in [2.75, 3.05) is 6.61 Å². The number of aliphatic hydroxyl groups excluding tert-OH is 1. The SMILES string of the molecule is CC(C)[C@@H](CO)NC(=O)CCn1c[n+](C)c2ccccc21.[I-]. The van der Waals surface area contributed by atoms with Gasteiger partial charge in [0.2, 0.25) is 12.2 Å². The van der Waals surface area contributed by atoms with E-state index >= 15 is 0 Å². The Bertz CT molecular complexity index is 625. The Hall–Kier alpha value is -1.15. The van der Waals surface area contributed by atoms with Gasteiger partial charge in [-0.05, 0) is 18.1 Å². The summed E-state index contributed by atoms with van der Waals surface area (Å²) < 4.78 is 4.14. The highest BCUT2D eigenvalue weighted by Crippen LogP contribution is 2.10. The van der Waals surface area contributed by atoms with Gasteiger partial charge in [0.25, 0.3) is 0 Å². The molecule has 0 saturated heterocycles. The maximum atomic E-state index is 12.0. The largest absolute Gasteiger partial charge is 1.00 e. The van der Waals surface area contributed by atoms with Crippen LogP contribution in [0.4, 0.5) is 0 Å². The number of nitrogens with one attached hydrogen (secondary N) is 1. The predicted octanol–water partition coefficient (Wildman–Crippen LogP) is -2.01. The normalized spacial score (nSPS) is 12.2. The number of hydrogen-bond acceptors (Lipinski definition) is 2. The topological polar surface area (TPSA) is 58.1 Å². The third-order valence-corrected chi connectivity index (χ3v) is 3.81. The number of para-hydroxylation sites is 2. The van der Waals surface area contributed by atoms with E-state index in [1.165, 1.54) is 0 Å². The highest BCUT2D eigenvalue weighted by molar-refractivity contribution is 5.77. The van der Waals surface area contributed by atoms with Crippen LogP contribution >= 0.6 is 0 Å². The van der Waals surface area contributed by atoms with Crippen LogP contribution in [0, 0.1) is 5.92 Å². The number of aryl methyl sites for hydroxylation is 2. The highest BCUT2D eigenvalue weighted by atomic mass is 127. The Morgan fingerprint density at radius 2 is 2.05 bits per heavy atom. The molecular weight excluding hydrogens is 393 g/mol. The van der Waals surface area contributed by atoms with Crippen LogP contribution in [0.3, 0.4) is 0 Å². The van der Waals surface area contributed by atoms with E-state index in [2.05, 4.69) is 26.6 Å². The zero-order valence-electron chi connectivity index (χ0n) is 13.3. The molecule has 6 heteroatoms. The number of carbonyl (C=O) groups is 1. The second-order valence-electron chi connectivity index (χ2n) is 5.76. The summed E-state index contributed by atoms with van der Waals surface area (Å²) in [4.78, 5) is 12.0. The molecule has 0 unspecified atom stereocenters. The van der Waals surface area contributed by atoms with Gasteiger partial charge in [-0.25, -0.2) is 9.13 Å². The van der Waals surface area contributed by atoms with E-state index in [9.17, 15) is 9.90 Å². The molecule has 1 amide bonds. The molecule has 1 aromatic carbocycles. The average Bonchev–Trinajstić information content (AvgIpc) is 2.79. The van der Waals surface area contributed by atoms with Crippen LogP contribution in [-0.4, -0.2) is 28.2 Å². The lowest BCUT2D eigenvalue weighted by molar-refractivity contribution is -0.645. The Labute approximate surface area is 148 Å². The van der Waals surface area contributed by atoms with Crippen molar-refractivity contribution in [3.05, 3.63) is 30.6 Å². The molecule has 22 heavy (non-hydrogen) atoms. The molecule has 122 valence electrons. The number of aliphatic hydroxyl groups is 1. The van der Waals surface area contributed by atoms with E-state index in [0.717, 1.165) is 11.0 Å². The molecule has 0 aliphatic rings. The van der Waals surface area contributed by atoms with Crippen molar-refractivity contribution in [1.29, 1.82) is 0 Å². The van der Waals surface area contributed by atoms with E-state index in [0.29, 0.717) is 13.0 Å². The van der Waals surface area contributed by atoms with Crippen molar-refractivity contribution in [3.63, 3.8) is 0 Å². The number of nitrogens with zero attached hydrogens (tertiary/aromatic N) is 2. The molecule has 0 aliphatic carbocycles. The summed E-state index contributed by atoms with van der Waals surface area (Å²) in [6.07, 6.45) is 2.41. The first-order valence-corrected chi connectivity index (χ1v) is 7.36. The summed E-state index contributed by atoms with van der Waals surface area (Å²) in [7, 11) is 2.00. The lowest BCUT2D eigenvalue weighted by atomic mass is 10.1. The monoisotopic (exact) mass is 417 g/mol. The molecule has 1 atom stereocenters. The molecule has 0 spiro atoms. The van der Waals surface area contributed by atoms with Crippen molar-refractivity contribution in [3.8, 4) is 0 Å². The van der Waals surface area contributed by atoms with Crippen LogP contribution in [0.15, 0.2) is 30.6 Å². The van der Waals surface area contributed by atoms with Gasteiger partial charge in [-0.2, -0.15) is 0 Å². The van der Waals surface area contributed by atoms with Crippen molar-refractivity contribution >= 4 is 16.9 Å². The quantitative estimate of drug-likeness (QED) is 0.422. The van der Waals surface area contributed by atoms with Gasteiger partial charge in [0.15, 0.2) is 11.0 Å². The summed E-state index contributed by atoms with van der Waals surface area (Å²) in [5, 5.41) is 12.1. The molecule has 0 bridgehead atoms. The molecule has 0 radical (unpaired) electrons. The fourth-order valence-electron chi connectivity index (χ4n) is 2.44. The lowest BCUT2D eigenvalue weighted by Gasteiger charge is -2.19. The third-order valence-electron chi connectivity index (χ3n) is 3.81. The number of hydrogen-bond donors (Lipinski definition) is 2. The Morgan fingerprint density at radius 3 is 2.68 bits per heavy atom. The molecule has 2 N–H and O–H groups in total. The van der Waals surface area contributed by atoms with Crippen LogP contribution in [0.1, 0.15) is 20.3 Å². The van der Waals surface area contributed by atoms with Gasteiger partial charge in [0.1, 0.15) is 0 Å². The van der Waals surface area contributed by atoms with E-state index in [-0.39, 0.29) is 48.5 Å². The lowest BCUT2D eigenvalue weighted by Crippen LogP contribution is -3.00. The number of benzene rings is 1. The minimum absolute atomic E-state index is 0. The second-order valence-corrected chi connectivity index (χ2v) is 5.76. The van der Waals surface area contributed by atoms with Crippen LogP contribution < -0.4 is 33.9 Å². The Kier molecular flexibility index (Phi) is 7.28. The number of aromatic nitrogens is 2. The van der Waals surface area contributed by atoms with Gasteiger partial charge in [-0.15, -0.1) is 0 Å². The number of fused-ring (bicyclic) bond motifs is 1. The van der Waals surface area contributed by atoms with Crippen LogP contribution in [-0.2, 0) is 18.4 Å². The van der Waals surface area contributed by atoms with Crippen LogP contribution in [0.5, 0.6) is 0 Å². The van der Waals surface area contributed by atoms with E-state index < -0.39 is 0 Å². The van der Waals surface area contributed by atoms with Crippen molar-refractivity contribution < 1.29 is 38.4 Å². The number of rotatable bonds is 6. The van der Waals surface area contributed by atoms with E-state index in [1.807, 2.05) is 39.4 Å². The van der Waals surface area contributed by atoms with Crippen LogP contribution in [0.25, 0.3) is 11.0 Å². The van der Waals surface area contributed by atoms with Gasteiger partial charge in [-0.3, -0.25) is 4.79 Å². The number of halogens is 1. The zero-order chi connectivity index (χ0) is 15.4. The summed E-state index contributed by atoms with van der Waals surface area (Å²) in [6.45, 7) is 4.58. The molecular formula is C16H24IN3O2. The zero-order valence-corrected chi connectivity index (χ0v) is 15.4. The van der Waals surface area contributed by atoms with Crippen LogP contribution in [0.2, 0.25) is 0 Å². The molecule has 1 heterocycles. The van der Waals surface area contributed by atoms with E-state index in [1.54, 1.807) is 0 Å². The van der Waals surface area contributed by atoms with Crippen molar-refractivity contribution in [1.82, 2.24) is 9.88 Å². The minimum Gasteiger partial charge on any atom is -1.00 e. The number of amides is 1. The number of imidazole rings is 1. The smallest absolute Gasteiger partial charge is 0.244 e. The third kappa shape index (κ3) is 4.42. The highest BCUT2D eigenvalue weighted by Gasteiger charge is 2.17. The molecule has 0 saturated carbocycles. The number of carbonyl (C=O) groups excluding carboxylic acids is 1. The maximum Gasteiger partial charge on any atom is 0.244 e. The fraction of sp³-hybridized carbons (Fsp3) is 0.500. The average molecular weight is 417 g/mol. The molecule has 0 aliphatic heterocycles. The summed E-state index contributed by atoms with van der Waals surface area (Å²) in [6, 6.07) is 7.95. The fourth-order valence-corrected chi connectivity index (χ4v) is 2.44. The van der Waals surface area contributed by atoms with Gasteiger partial charge >= 0.3 is 0 Å². The van der Waals surface area contributed by atoms with Gasteiger partial charge in [-0.1, -0.05) is 26.0 Å². The Balaban J connectivity index is 0.00000242. The van der Waals surface area contributed by atoms with Gasteiger partial charge in [0, 0.05) is 0 Å². The molecule has 5 nitrogen and oxygen atoms in total. The van der Waals surface area contributed by atoms with E-state index in [4.69, 9.17) is 0 Å². The second kappa shape index (κ2) is 8.47. The standard InChI is InChI=1S/C16H23N3O2.HI/c1-12(2)13(10-20)17-16(21)8-9-19-11-18(3)14-6-4-5-7-15(14)19;/h4-7,11-13,20H,8-10H2,1-3H3;1H/t13-;/m1./s1. The van der Waals surface area contributed by atoms with Crippen molar-refractivity contribution in [2.45, 2.75) is 32.9 Å². The first-order chi connectivity index (χ1) is 10.0. The molecule has 2 aromatic rings. The maximum absolute atomic E-state index is 12.0. The predicted molar refractivity (Wildman–Crippen MR) is 81.6 cm³/mol. The van der Waals surface area contributed by atoms with Crippen molar-refractivity contribution in [2.24, 2.45) is 13.0 Å². The van der Waals surface area contributed by atoms with Gasteiger partial charge in [0.05, 0.1) is 32.7 Å². The summed E-state index contributed by atoms with van der Waals surface area (Å²) in [5.74, 6) is 0.201. The first kappa shape index (κ1) is 18.9. The molecule has 2 rings (SSSR count). The minimum atomic E-state index is -0.171. The Morgan fingerprint density at radius 1 is 1.36 bits per heavy atom. The van der Waals surface area contributed by atoms with Gasteiger partial charge < -0.3 is 34.4 Å².